The number of nitrogens with zero attached hydrogens (tertiary/aromatic N) is 2. The van der Waals surface area contributed by atoms with Crippen LogP contribution in [0.1, 0.15) is 35.5 Å². The Balaban J connectivity index is 2.30. The lowest BCUT2D eigenvalue weighted by molar-refractivity contribution is 0.0695. The molecule has 0 saturated carbocycles. The van der Waals surface area contributed by atoms with E-state index in [-0.39, 0.29) is 5.41 Å². The number of aromatic carboxylic acids is 1. The normalized spacial score (nSPS) is 15.9. The SMILES string of the molecule is CC1(C)Cc2c(C(=O)O)cnn2-c2ccccc21. The maximum absolute atomic E-state index is 11.2. The predicted molar refractivity (Wildman–Crippen MR) is 67.3 cm³/mol. The van der Waals surface area contributed by atoms with Gasteiger partial charge in [-0.05, 0) is 23.5 Å². The van der Waals surface area contributed by atoms with Gasteiger partial charge in [-0.1, -0.05) is 32.0 Å². The van der Waals surface area contributed by atoms with Gasteiger partial charge in [0.15, 0.2) is 0 Å². The van der Waals surface area contributed by atoms with Gasteiger partial charge in [0.1, 0.15) is 5.56 Å². The van der Waals surface area contributed by atoms with E-state index in [2.05, 4.69) is 25.0 Å². The van der Waals surface area contributed by atoms with E-state index in [1.54, 1.807) is 4.68 Å². The molecule has 1 aromatic carbocycles. The van der Waals surface area contributed by atoms with E-state index in [0.717, 1.165) is 11.4 Å². The second-order valence-electron chi connectivity index (χ2n) is 5.30. The molecule has 4 heteroatoms. The Bertz CT molecular complexity index is 641. The fourth-order valence-corrected chi connectivity index (χ4v) is 2.67. The van der Waals surface area contributed by atoms with Crippen molar-refractivity contribution in [3.8, 4) is 5.69 Å². The molecule has 0 amide bonds. The van der Waals surface area contributed by atoms with Crippen LogP contribution in [0.4, 0.5) is 0 Å². The van der Waals surface area contributed by atoms with E-state index in [4.69, 9.17) is 0 Å². The van der Waals surface area contributed by atoms with Crippen molar-refractivity contribution in [3.63, 3.8) is 0 Å². The van der Waals surface area contributed by atoms with Crippen LogP contribution in [-0.2, 0) is 11.8 Å². The number of rotatable bonds is 1. The quantitative estimate of drug-likeness (QED) is 0.835. The molecule has 1 aromatic heterocycles. The van der Waals surface area contributed by atoms with Crippen LogP contribution in [0.25, 0.3) is 5.69 Å². The number of para-hydroxylation sites is 1. The summed E-state index contributed by atoms with van der Waals surface area (Å²) in [6.45, 7) is 4.27. The van der Waals surface area contributed by atoms with E-state index >= 15 is 0 Å². The minimum absolute atomic E-state index is 0.0726. The Hall–Kier alpha value is -2.10. The van der Waals surface area contributed by atoms with Crippen molar-refractivity contribution < 1.29 is 9.90 Å². The number of benzene rings is 1. The van der Waals surface area contributed by atoms with Gasteiger partial charge in [-0.25, -0.2) is 9.48 Å². The van der Waals surface area contributed by atoms with Crippen LogP contribution in [-0.4, -0.2) is 20.9 Å². The van der Waals surface area contributed by atoms with Gasteiger partial charge in [0.2, 0.25) is 0 Å². The average Bonchev–Trinajstić information content (AvgIpc) is 2.72. The van der Waals surface area contributed by atoms with Crippen molar-refractivity contribution in [1.29, 1.82) is 0 Å². The van der Waals surface area contributed by atoms with Crippen LogP contribution >= 0.6 is 0 Å². The van der Waals surface area contributed by atoms with E-state index in [9.17, 15) is 9.90 Å². The third-order valence-electron chi connectivity index (χ3n) is 3.57. The Labute approximate surface area is 105 Å². The van der Waals surface area contributed by atoms with Gasteiger partial charge in [-0.3, -0.25) is 0 Å². The summed E-state index contributed by atoms with van der Waals surface area (Å²) in [7, 11) is 0. The zero-order valence-corrected chi connectivity index (χ0v) is 10.3. The van der Waals surface area contributed by atoms with Crippen molar-refractivity contribution in [2.24, 2.45) is 0 Å². The summed E-state index contributed by atoms with van der Waals surface area (Å²) < 4.78 is 1.75. The molecule has 2 heterocycles. The van der Waals surface area contributed by atoms with Gasteiger partial charge >= 0.3 is 5.97 Å². The highest BCUT2D eigenvalue weighted by atomic mass is 16.4. The highest BCUT2D eigenvalue weighted by molar-refractivity contribution is 5.89. The van der Waals surface area contributed by atoms with E-state index in [0.29, 0.717) is 12.0 Å². The first-order chi connectivity index (χ1) is 8.50. The molecular weight excluding hydrogens is 228 g/mol. The molecule has 0 radical (unpaired) electrons. The van der Waals surface area contributed by atoms with Gasteiger partial charge in [0.25, 0.3) is 0 Å². The number of carboxylic acid groups (broad SMARTS) is 1. The number of aromatic nitrogens is 2. The van der Waals surface area contributed by atoms with Crippen LogP contribution in [0.3, 0.4) is 0 Å². The van der Waals surface area contributed by atoms with Gasteiger partial charge in [-0.2, -0.15) is 5.10 Å². The fourth-order valence-electron chi connectivity index (χ4n) is 2.67. The van der Waals surface area contributed by atoms with Crippen LogP contribution in [0.15, 0.2) is 30.5 Å². The monoisotopic (exact) mass is 242 g/mol. The summed E-state index contributed by atoms with van der Waals surface area (Å²) in [6, 6.07) is 8.03. The maximum Gasteiger partial charge on any atom is 0.339 e. The number of carbonyl (C=O) groups is 1. The number of carboxylic acids is 1. The van der Waals surface area contributed by atoms with E-state index < -0.39 is 5.97 Å². The summed E-state index contributed by atoms with van der Waals surface area (Å²) in [5.41, 5.74) is 3.20. The Morgan fingerprint density at radius 2 is 2.11 bits per heavy atom. The molecule has 1 aliphatic heterocycles. The molecule has 0 bridgehead atoms. The summed E-state index contributed by atoms with van der Waals surface area (Å²) in [5.74, 6) is -0.911. The first-order valence-corrected chi connectivity index (χ1v) is 5.91. The van der Waals surface area contributed by atoms with Crippen LogP contribution in [0, 0.1) is 0 Å². The van der Waals surface area contributed by atoms with Crippen LogP contribution in [0.2, 0.25) is 0 Å². The maximum atomic E-state index is 11.2. The van der Waals surface area contributed by atoms with Crippen LogP contribution < -0.4 is 0 Å². The van der Waals surface area contributed by atoms with Gasteiger partial charge in [0, 0.05) is 0 Å². The first-order valence-electron chi connectivity index (χ1n) is 5.91. The summed E-state index contributed by atoms with van der Waals surface area (Å²) in [4.78, 5) is 11.2. The van der Waals surface area contributed by atoms with Gasteiger partial charge in [-0.15, -0.1) is 0 Å². The molecule has 0 aliphatic carbocycles. The summed E-state index contributed by atoms with van der Waals surface area (Å²) >= 11 is 0. The minimum Gasteiger partial charge on any atom is -0.478 e. The Morgan fingerprint density at radius 1 is 1.39 bits per heavy atom. The number of fused-ring (bicyclic) bond motifs is 3. The third-order valence-corrected chi connectivity index (χ3v) is 3.57. The molecule has 1 N–H and O–H groups in total. The Kier molecular flexibility index (Phi) is 2.11. The van der Waals surface area contributed by atoms with Crippen molar-refractivity contribution in [3.05, 3.63) is 47.3 Å². The van der Waals surface area contributed by atoms with Gasteiger partial charge < -0.3 is 5.11 Å². The Morgan fingerprint density at radius 3 is 2.83 bits per heavy atom. The second-order valence-corrected chi connectivity index (χ2v) is 5.30. The molecule has 3 rings (SSSR count). The average molecular weight is 242 g/mol. The van der Waals surface area contributed by atoms with E-state index in [1.165, 1.54) is 11.8 Å². The molecule has 0 spiro atoms. The molecule has 92 valence electrons. The molecule has 0 atom stereocenters. The largest absolute Gasteiger partial charge is 0.478 e. The van der Waals surface area contributed by atoms with Crippen LogP contribution in [0.5, 0.6) is 0 Å². The fraction of sp³-hybridized carbons (Fsp3) is 0.286. The van der Waals surface area contributed by atoms with Crippen molar-refractivity contribution >= 4 is 5.97 Å². The highest BCUT2D eigenvalue weighted by Crippen LogP contribution is 2.37. The molecule has 0 unspecified atom stereocenters. The third kappa shape index (κ3) is 1.38. The number of hydrogen-bond donors (Lipinski definition) is 1. The molecule has 0 fully saturated rings. The smallest absolute Gasteiger partial charge is 0.339 e. The molecule has 1 aliphatic rings. The summed E-state index contributed by atoms with van der Waals surface area (Å²) in [6.07, 6.45) is 2.13. The highest BCUT2D eigenvalue weighted by Gasteiger charge is 2.34. The van der Waals surface area contributed by atoms with Crippen molar-refractivity contribution in [1.82, 2.24) is 9.78 Å². The summed E-state index contributed by atoms with van der Waals surface area (Å²) in [5, 5.41) is 13.4. The number of hydrogen-bond acceptors (Lipinski definition) is 2. The minimum atomic E-state index is -0.911. The molecule has 18 heavy (non-hydrogen) atoms. The zero-order valence-electron chi connectivity index (χ0n) is 10.3. The first kappa shape index (κ1) is 11.0. The lowest BCUT2D eigenvalue weighted by Crippen LogP contribution is -2.30. The molecule has 0 saturated heterocycles. The standard InChI is InChI=1S/C14H14N2O2/c1-14(2)7-12-9(13(17)18)8-15-16(12)11-6-4-3-5-10(11)14/h3-6,8H,7H2,1-2H3,(H,17,18). The zero-order chi connectivity index (χ0) is 12.9. The molecular formula is C14H14N2O2. The lowest BCUT2D eigenvalue weighted by atomic mass is 9.77. The van der Waals surface area contributed by atoms with E-state index in [1.807, 2.05) is 18.2 Å². The lowest BCUT2D eigenvalue weighted by Gasteiger charge is -2.33. The van der Waals surface area contributed by atoms with Gasteiger partial charge in [0.05, 0.1) is 17.6 Å². The topological polar surface area (TPSA) is 55.1 Å². The van der Waals surface area contributed by atoms with Crippen molar-refractivity contribution in [2.75, 3.05) is 0 Å². The second kappa shape index (κ2) is 3.45. The van der Waals surface area contributed by atoms with Crippen molar-refractivity contribution in [2.45, 2.75) is 25.7 Å². The molecule has 2 aromatic rings. The molecule has 4 nitrogen and oxygen atoms in total. The predicted octanol–water partition coefficient (Wildman–Crippen LogP) is 2.40.